The first kappa shape index (κ1) is 10.9. The van der Waals surface area contributed by atoms with Crippen molar-refractivity contribution in [3.05, 3.63) is 24.8 Å². The van der Waals surface area contributed by atoms with Crippen molar-refractivity contribution >= 4 is 5.97 Å². The summed E-state index contributed by atoms with van der Waals surface area (Å²) >= 11 is 0. The van der Waals surface area contributed by atoms with E-state index in [1.807, 2.05) is 13.8 Å². The minimum Gasteiger partial charge on any atom is -0.364 e. The summed E-state index contributed by atoms with van der Waals surface area (Å²) in [5.74, 6) is -0.362. The number of carbonyl (C=O) groups is 1. The summed E-state index contributed by atoms with van der Waals surface area (Å²) in [6.45, 7) is 8.69. The molecule has 0 heterocycles. The minimum absolute atomic E-state index is 0.362. The third-order valence-corrected chi connectivity index (χ3v) is 1.29. The van der Waals surface area contributed by atoms with Crippen molar-refractivity contribution in [1.29, 1.82) is 0 Å². The van der Waals surface area contributed by atoms with Gasteiger partial charge in [-0.3, -0.25) is 0 Å². The van der Waals surface area contributed by atoms with Gasteiger partial charge < -0.3 is 4.84 Å². The van der Waals surface area contributed by atoms with E-state index >= 15 is 0 Å². The Morgan fingerprint density at radius 2 is 2.08 bits per heavy atom. The minimum atomic E-state index is -0.362. The van der Waals surface area contributed by atoms with Gasteiger partial charge in [0.25, 0.3) is 0 Å². The molecular formula is C9H15NO2. The van der Waals surface area contributed by atoms with Crippen LogP contribution in [0.1, 0.15) is 13.8 Å². The highest BCUT2D eigenvalue weighted by atomic mass is 16.7. The highest BCUT2D eigenvalue weighted by Gasteiger charge is 2.02. The van der Waals surface area contributed by atoms with Gasteiger partial charge in [-0.25, -0.2) is 4.79 Å². The molecule has 0 saturated heterocycles. The third kappa shape index (κ3) is 4.68. The topological polar surface area (TPSA) is 29.5 Å². The summed E-state index contributed by atoms with van der Waals surface area (Å²) in [6.07, 6.45) is 4.42. The third-order valence-electron chi connectivity index (χ3n) is 1.29. The Morgan fingerprint density at radius 3 is 2.50 bits per heavy atom. The summed E-state index contributed by atoms with van der Waals surface area (Å²) in [4.78, 5) is 15.8. The summed E-state index contributed by atoms with van der Waals surface area (Å²) in [7, 11) is 0. The molecular weight excluding hydrogens is 154 g/mol. The van der Waals surface area contributed by atoms with Crippen LogP contribution in [0.25, 0.3) is 0 Å². The molecule has 12 heavy (non-hydrogen) atoms. The highest BCUT2D eigenvalue weighted by molar-refractivity contribution is 5.81. The molecule has 0 saturated carbocycles. The van der Waals surface area contributed by atoms with Gasteiger partial charge in [0.15, 0.2) is 0 Å². The Kier molecular flexibility index (Phi) is 6.01. The Morgan fingerprint density at radius 1 is 1.50 bits per heavy atom. The zero-order chi connectivity index (χ0) is 9.40. The van der Waals surface area contributed by atoms with Crippen LogP contribution < -0.4 is 0 Å². The Balaban J connectivity index is 3.81. The molecule has 0 aromatic rings. The quantitative estimate of drug-likeness (QED) is 0.355. The summed E-state index contributed by atoms with van der Waals surface area (Å²) in [6, 6.07) is 0. The SMILES string of the molecule is C=CC=CC(=O)ON(CC)CC. The van der Waals surface area contributed by atoms with Crippen LogP contribution in [0.3, 0.4) is 0 Å². The van der Waals surface area contributed by atoms with Crippen molar-refractivity contribution < 1.29 is 9.63 Å². The molecule has 0 rings (SSSR count). The lowest BCUT2D eigenvalue weighted by atomic mass is 10.5. The molecule has 0 atom stereocenters. The van der Waals surface area contributed by atoms with E-state index in [0.717, 1.165) is 0 Å². The second-order valence-electron chi connectivity index (χ2n) is 2.12. The van der Waals surface area contributed by atoms with Gasteiger partial charge in [-0.05, 0) is 13.8 Å². The van der Waals surface area contributed by atoms with E-state index in [4.69, 9.17) is 4.84 Å². The summed E-state index contributed by atoms with van der Waals surface area (Å²) in [5.41, 5.74) is 0. The molecule has 3 heteroatoms. The molecule has 0 unspecified atom stereocenters. The van der Waals surface area contributed by atoms with E-state index in [2.05, 4.69) is 6.58 Å². The van der Waals surface area contributed by atoms with Crippen molar-refractivity contribution in [2.45, 2.75) is 13.8 Å². The maximum atomic E-state index is 10.9. The second-order valence-corrected chi connectivity index (χ2v) is 2.12. The molecule has 0 aliphatic heterocycles. The fraction of sp³-hybridized carbons (Fsp3) is 0.444. The second kappa shape index (κ2) is 6.61. The van der Waals surface area contributed by atoms with E-state index in [0.29, 0.717) is 13.1 Å². The monoisotopic (exact) mass is 169 g/mol. The van der Waals surface area contributed by atoms with Crippen LogP contribution in [-0.2, 0) is 9.63 Å². The number of hydrogen-bond acceptors (Lipinski definition) is 3. The maximum Gasteiger partial charge on any atom is 0.349 e. The first-order valence-electron chi connectivity index (χ1n) is 4.00. The van der Waals surface area contributed by atoms with E-state index in [-0.39, 0.29) is 5.97 Å². The van der Waals surface area contributed by atoms with E-state index in [1.54, 1.807) is 11.1 Å². The van der Waals surface area contributed by atoms with Crippen LogP contribution in [0, 0.1) is 0 Å². The van der Waals surface area contributed by atoms with Crippen LogP contribution in [-0.4, -0.2) is 24.1 Å². The average molecular weight is 169 g/mol. The van der Waals surface area contributed by atoms with Crippen molar-refractivity contribution in [2.75, 3.05) is 13.1 Å². The standard InChI is InChI=1S/C9H15NO2/c1-4-7-8-9(11)12-10(5-2)6-3/h4,7-8H,1,5-6H2,2-3H3. The van der Waals surface area contributed by atoms with Crippen molar-refractivity contribution in [3.63, 3.8) is 0 Å². The van der Waals surface area contributed by atoms with Crippen LogP contribution in [0.4, 0.5) is 0 Å². The molecule has 0 bridgehead atoms. The lowest BCUT2D eigenvalue weighted by Crippen LogP contribution is -2.25. The lowest BCUT2D eigenvalue weighted by Gasteiger charge is -2.15. The molecule has 3 nitrogen and oxygen atoms in total. The molecule has 0 fully saturated rings. The fourth-order valence-electron chi connectivity index (χ4n) is 0.657. The predicted molar refractivity (Wildman–Crippen MR) is 48.4 cm³/mol. The van der Waals surface area contributed by atoms with Gasteiger partial charge in [0.05, 0.1) is 0 Å². The fourth-order valence-corrected chi connectivity index (χ4v) is 0.657. The van der Waals surface area contributed by atoms with Gasteiger partial charge in [-0.15, -0.1) is 5.06 Å². The number of hydroxylamine groups is 2. The Bertz CT molecular complexity index is 171. The van der Waals surface area contributed by atoms with E-state index in [9.17, 15) is 4.79 Å². The molecule has 0 N–H and O–H groups in total. The molecule has 0 spiro atoms. The van der Waals surface area contributed by atoms with Crippen molar-refractivity contribution in [3.8, 4) is 0 Å². The van der Waals surface area contributed by atoms with E-state index < -0.39 is 0 Å². The van der Waals surface area contributed by atoms with Crippen LogP contribution in [0.5, 0.6) is 0 Å². The van der Waals surface area contributed by atoms with Gasteiger partial charge in [0.1, 0.15) is 0 Å². The number of allylic oxidation sites excluding steroid dienone is 2. The highest BCUT2D eigenvalue weighted by Crippen LogP contribution is 1.91. The Hall–Kier alpha value is -1.09. The van der Waals surface area contributed by atoms with Crippen LogP contribution >= 0.6 is 0 Å². The van der Waals surface area contributed by atoms with Gasteiger partial charge in [-0.2, -0.15) is 0 Å². The van der Waals surface area contributed by atoms with Crippen LogP contribution in [0.2, 0.25) is 0 Å². The number of hydrogen-bond donors (Lipinski definition) is 0. The Labute approximate surface area is 73.3 Å². The first-order chi connectivity index (χ1) is 5.74. The van der Waals surface area contributed by atoms with Crippen molar-refractivity contribution in [2.24, 2.45) is 0 Å². The predicted octanol–water partition coefficient (Wildman–Crippen LogP) is 1.53. The number of rotatable bonds is 5. The number of nitrogens with zero attached hydrogens (tertiary/aromatic N) is 1. The van der Waals surface area contributed by atoms with Gasteiger partial charge in [0.2, 0.25) is 0 Å². The van der Waals surface area contributed by atoms with Gasteiger partial charge >= 0.3 is 5.97 Å². The molecule has 0 aliphatic rings. The smallest absolute Gasteiger partial charge is 0.349 e. The normalized spacial score (nSPS) is 10.6. The van der Waals surface area contributed by atoms with Gasteiger partial charge in [-0.1, -0.05) is 18.7 Å². The average Bonchev–Trinajstić information content (AvgIpc) is 2.10. The zero-order valence-electron chi connectivity index (χ0n) is 7.62. The zero-order valence-corrected chi connectivity index (χ0v) is 7.62. The van der Waals surface area contributed by atoms with Gasteiger partial charge in [0, 0.05) is 19.2 Å². The van der Waals surface area contributed by atoms with Crippen LogP contribution in [0.15, 0.2) is 24.8 Å². The summed E-state index contributed by atoms with van der Waals surface area (Å²) in [5, 5.41) is 1.58. The molecule has 68 valence electrons. The molecule has 0 amide bonds. The molecule has 0 aliphatic carbocycles. The summed E-state index contributed by atoms with van der Waals surface area (Å²) < 4.78 is 0. The molecule has 0 aromatic heterocycles. The first-order valence-corrected chi connectivity index (χ1v) is 4.00. The largest absolute Gasteiger partial charge is 0.364 e. The molecule has 0 aromatic carbocycles. The number of carbonyl (C=O) groups excluding carboxylic acids is 1. The van der Waals surface area contributed by atoms with Crippen molar-refractivity contribution in [1.82, 2.24) is 5.06 Å². The van der Waals surface area contributed by atoms with E-state index in [1.165, 1.54) is 12.2 Å². The maximum absolute atomic E-state index is 10.9. The molecule has 0 radical (unpaired) electrons. The lowest BCUT2D eigenvalue weighted by molar-refractivity contribution is -0.182.